The number of anilines is 1. The Kier molecular flexibility index (Phi) is 6.44. The number of aliphatic hydroxyl groups excluding tert-OH is 1. The summed E-state index contributed by atoms with van der Waals surface area (Å²) in [5, 5.41) is 7.83. The number of halogens is 3. The molecule has 35 heavy (non-hydrogen) atoms. The molecule has 1 aromatic carbocycles. The number of carbonyl (C=O) groups excluding carboxylic acids is 1. The third-order valence-electron chi connectivity index (χ3n) is 5.92. The molecule has 5 rings (SSSR count). The number of pyridine rings is 3. The molecule has 0 spiro atoms. The molecule has 4 heterocycles. The van der Waals surface area contributed by atoms with Gasteiger partial charge in [-0.15, -0.1) is 0 Å². The highest BCUT2D eigenvalue weighted by Gasteiger charge is 2.44. The molecular formula is C24H22F3N5O3. The number of para-hydroxylation sites is 1. The molecule has 0 saturated carbocycles. The Morgan fingerprint density at radius 2 is 1.94 bits per heavy atom. The van der Waals surface area contributed by atoms with E-state index in [2.05, 4.69) is 15.0 Å². The smallest absolute Gasteiger partial charge is 0.393 e. The maximum absolute atomic E-state index is 13.3. The Labute approximate surface area is 197 Å². The van der Waals surface area contributed by atoms with E-state index >= 15 is 0 Å². The second-order valence-electron chi connectivity index (χ2n) is 8.02. The number of benzene rings is 1. The largest absolute Gasteiger partial charge is 0.400 e. The Morgan fingerprint density at radius 3 is 2.63 bits per heavy atom. The number of aliphatic hydroxyl groups is 1. The third kappa shape index (κ3) is 4.54. The molecule has 0 bridgehead atoms. The lowest BCUT2D eigenvalue weighted by atomic mass is 10.1. The predicted octanol–water partition coefficient (Wildman–Crippen LogP) is 3.23. The van der Waals surface area contributed by atoms with Crippen LogP contribution in [0.4, 0.5) is 19.0 Å². The van der Waals surface area contributed by atoms with Crippen molar-refractivity contribution in [1.82, 2.24) is 15.0 Å². The van der Waals surface area contributed by atoms with Gasteiger partial charge in [0.1, 0.15) is 11.5 Å². The highest BCUT2D eigenvalue weighted by Crippen LogP contribution is 2.39. The normalized spacial score (nSPS) is 15.8. The van der Waals surface area contributed by atoms with Crippen molar-refractivity contribution in [3.05, 3.63) is 64.6 Å². The van der Waals surface area contributed by atoms with E-state index in [1.165, 1.54) is 18.3 Å². The number of nitrogens with one attached hydrogen (secondary N) is 1. The van der Waals surface area contributed by atoms with Gasteiger partial charge in [0.25, 0.3) is 5.91 Å². The van der Waals surface area contributed by atoms with Crippen LogP contribution in [0, 0.1) is 5.92 Å². The summed E-state index contributed by atoms with van der Waals surface area (Å²) in [5.41, 5.74) is 6.57. The van der Waals surface area contributed by atoms with Crippen LogP contribution < -0.4 is 16.1 Å². The standard InChI is InChI=1S/C23H18F3N5O2.CH4O/c24-23(25,26)13-6-8-31(11-13)22-14(9-12-3-1-2-4-15(12)30-22)17-10-18(32)19-16(29-17)5-7-28-20(19)21(27)33;1-2/h1-5,7,9-10,13H,6,8,11H2,(H2,27,33)(H,29,32);2H,1H3. The van der Waals surface area contributed by atoms with Crippen LogP contribution in [-0.4, -0.2) is 52.3 Å². The molecule has 0 radical (unpaired) electrons. The zero-order valence-electron chi connectivity index (χ0n) is 18.6. The molecule has 3 aromatic heterocycles. The minimum Gasteiger partial charge on any atom is -0.400 e. The van der Waals surface area contributed by atoms with Crippen molar-refractivity contribution < 1.29 is 23.1 Å². The number of amides is 1. The first-order valence-electron chi connectivity index (χ1n) is 10.7. The number of nitrogens with zero attached hydrogens (tertiary/aromatic N) is 3. The second kappa shape index (κ2) is 9.34. The topological polar surface area (TPSA) is 125 Å². The van der Waals surface area contributed by atoms with Gasteiger partial charge in [-0.05, 0) is 24.6 Å². The van der Waals surface area contributed by atoms with Crippen LogP contribution in [0.5, 0.6) is 0 Å². The van der Waals surface area contributed by atoms with E-state index in [1.807, 2.05) is 12.1 Å². The highest BCUT2D eigenvalue weighted by atomic mass is 19.4. The van der Waals surface area contributed by atoms with Crippen molar-refractivity contribution in [1.29, 1.82) is 0 Å². The molecule has 1 aliphatic rings. The number of aromatic amines is 1. The SMILES string of the molecule is CO.NC(=O)c1nccc2[nH]c(-c3cc4ccccc4nc3N3CCC(C(F)(F)F)C3)cc(=O)c12. The summed E-state index contributed by atoms with van der Waals surface area (Å²) in [6, 6.07) is 11.9. The van der Waals surface area contributed by atoms with Gasteiger partial charge in [0, 0.05) is 43.4 Å². The van der Waals surface area contributed by atoms with Gasteiger partial charge in [0.2, 0.25) is 0 Å². The first-order valence-corrected chi connectivity index (χ1v) is 10.7. The number of hydrogen-bond donors (Lipinski definition) is 3. The van der Waals surface area contributed by atoms with Crippen LogP contribution in [0.1, 0.15) is 16.9 Å². The van der Waals surface area contributed by atoms with E-state index in [4.69, 9.17) is 10.8 Å². The van der Waals surface area contributed by atoms with E-state index in [0.717, 1.165) is 12.5 Å². The Hall–Kier alpha value is -3.99. The number of alkyl halides is 3. The zero-order chi connectivity index (χ0) is 25.3. The fourth-order valence-electron chi connectivity index (χ4n) is 4.30. The molecule has 182 valence electrons. The lowest BCUT2D eigenvalue weighted by Gasteiger charge is -2.22. The van der Waals surface area contributed by atoms with Crippen LogP contribution in [0.2, 0.25) is 0 Å². The van der Waals surface area contributed by atoms with Crippen LogP contribution in [-0.2, 0) is 0 Å². The number of hydrogen-bond acceptors (Lipinski definition) is 6. The quantitative estimate of drug-likeness (QED) is 0.409. The fourth-order valence-corrected chi connectivity index (χ4v) is 4.30. The van der Waals surface area contributed by atoms with E-state index in [9.17, 15) is 22.8 Å². The molecule has 1 fully saturated rings. The third-order valence-corrected chi connectivity index (χ3v) is 5.92. The number of primary amides is 1. The molecule has 1 atom stereocenters. The van der Waals surface area contributed by atoms with Crippen molar-refractivity contribution in [2.24, 2.45) is 11.7 Å². The molecule has 4 N–H and O–H groups in total. The maximum Gasteiger partial charge on any atom is 0.393 e. The molecular weight excluding hydrogens is 463 g/mol. The van der Waals surface area contributed by atoms with Crippen LogP contribution >= 0.6 is 0 Å². The number of nitrogens with two attached hydrogens (primary N) is 1. The summed E-state index contributed by atoms with van der Waals surface area (Å²) < 4.78 is 40.0. The first kappa shape index (κ1) is 24.1. The first-order chi connectivity index (χ1) is 16.7. The van der Waals surface area contributed by atoms with Gasteiger partial charge in [-0.1, -0.05) is 18.2 Å². The van der Waals surface area contributed by atoms with Crippen molar-refractivity contribution in [2.45, 2.75) is 12.6 Å². The van der Waals surface area contributed by atoms with Crippen molar-refractivity contribution in [2.75, 3.05) is 25.1 Å². The van der Waals surface area contributed by atoms with Crippen LogP contribution in [0.25, 0.3) is 33.1 Å². The van der Waals surface area contributed by atoms with Gasteiger partial charge in [-0.25, -0.2) is 4.98 Å². The average molecular weight is 485 g/mol. The summed E-state index contributed by atoms with van der Waals surface area (Å²) in [4.78, 5) is 37.9. The summed E-state index contributed by atoms with van der Waals surface area (Å²) >= 11 is 0. The molecule has 1 amide bonds. The Morgan fingerprint density at radius 1 is 1.20 bits per heavy atom. The van der Waals surface area contributed by atoms with Gasteiger partial charge >= 0.3 is 6.18 Å². The molecule has 11 heteroatoms. The number of aromatic nitrogens is 3. The van der Waals surface area contributed by atoms with E-state index in [1.54, 1.807) is 23.1 Å². The lowest BCUT2D eigenvalue weighted by Crippen LogP contribution is -2.28. The van der Waals surface area contributed by atoms with Gasteiger partial charge in [-0.2, -0.15) is 13.2 Å². The zero-order valence-corrected chi connectivity index (χ0v) is 18.6. The number of H-pyrrole nitrogens is 1. The molecule has 1 unspecified atom stereocenters. The van der Waals surface area contributed by atoms with Crippen molar-refractivity contribution >= 4 is 33.5 Å². The Bertz CT molecular complexity index is 1470. The minimum absolute atomic E-state index is 0.0284. The molecule has 1 aliphatic heterocycles. The van der Waals surface area contributed by atoms with Gasteiger partial charge in [0.15, 0.2) is 5.43 Å². The predicted molar refractivity (Wildman–Crippen MR) is 126 cm³/mol. The highest BCUT2D eigenvalue weighted by molar-refractivity contribution is 6.04. The Balaban J connectivity index is 0.00000141. The molecule has 0 aliphatic carbocycles. The van der Waals surface area contributed by atoms with Crippen molar-refractivity contribution in [3.8, 4) is 11.3 Å². The monoisotopic (exact) mass is 485 g/mol. The summed E-state index contributed by atoms with van der Waals surface area (Å²) in [7, 11) is 1.00. The van der Waals surface area contributed by atoms with Gasteiger partial charge < -0.3 is 20.7 Å². The maximum atomic E-state index is 13.3. The molecule has 1 saturated heterocycles. The summed E-state index contributed by atoms with van der Waals surface area (Å²) in [6.07, 6.45) is -2.96. The minimum atomic E-state index is -4.29. The van der Waals surface area contributed by atoms with Crippen LogP contribution in [0.15, 0.2) is 53.5 Å². The summed E-state index contributed by atoms with van der Waals surface area (Å²) in [5.74, 6) is -1.92. The van der Waals surface area contributed by atoms with E-state index in [0.29, 0.717) is 28.1 Å². The number of carbonyl (C=O) groups is 1. The number of fused-ring (bicyclic) bond motifs is 2. The molecule has 8 nitrogen and oxygen atoms in total. The van der Waals surface area contributed by atoms with E-state index < -0.39 is 23.4 Å². The van der Waals surface area contributed by atoms with Crippen molar-refractivity contribution in [3.63, 3.8) is 0 Å². The molecule has 4 aromatic rings. The van der Waals surface area contributed by atoms with Crippen LogP contribution in [0.3, 0.4) is 0 Å². The lowest BCUT2D eigenvalue weighted by molar-refractivity contribution is -0.168. The number of rotatable bonds is 3. The fraction of sp³-hybridized carbons (Fsp3) is 0.250. The average Bonchev–Trinajstić information content (AvgIpc) is 3.35. The van der Waals surface area contributed by atoms with Gasteiger partial charge in [-0.3, -0.25) is 14.6 Å². The summed E-state index contributed by atoms with van der Waals surface area (Å²) in [6.45, 7) is -0.0224. The van der Waals surface area contributed by atoms with E-state index in [-0.39, 0.29) is 30.6 Å². The van der Waals surface area contributed by atoms with Gasteiger partial charge in [0.05, 0.1) is 28.0 Å². The second-order valence-corrected chi connectivity index (χ2v) is 8.02.